The predicted molar refractivity (Wildman–Crippen MR) is 89.1 cm³/mol. The number of aromatic nitrogens is 1. The van der Waals surface area contributed by atoms with Crippen LogP contribution in [0.1, 0.15) is 34.7 Å². The molecule has 0 radical (unpaired) electrons. The number of ether oxygens (including phenoxy) is 2. The zero-order valence-corrected chi connectivity index (χ0v) is 14.1. The van der Waals surface area contributed by atoms with Gasteiger partial charge in [-0.15, -0.1) is 0 Å². The zero-order valence-electron chi connectivity index (χ0n) is 14.1. The van der Waals surface area contributed by atoms with E-state index in [-0.39, 0.29) is 6.10 Å². The van der Waals surface area contributed by atoms with Gasteiger partial charge in [-0.25, -0.2) is 0 Å². The summed E-state index contributed by atoms with van der Waals surface area (Å²) in [4.78, 5) is 24.1. The topological polar surface area (TPSA) is 81.6 Å². The molecule has 7 nitrogen and oxygen atoms in total. The molecule has 2 amide bonds. The summed E-state index contributed by atoms with van der Waals surface area (Å²) in [5.74, 6) is 0.150. The van der Waals surface area contributed by atoms with E-state index in [1.54, 1.807) is 48.1 Å². The first-order valence-electron chi connectivity index (χ1n) is 7.49. The summed E-state index contributed by atoms with van der Waals surface area (Å²) >= 11 is 0. The van der Waals surface area contributed by atoms with Crippen LogP contribution in [0.3, 0.4) is 0 Å². The second-order valence-electron chi connectivity index (χ2n) is 5.44. The summed E-state index contributed by atoms with van der Waals surface area (Å²) in [5, 5.41) is 0. The lowest BCUT2D eigenvalue weighted by molar-refractivity contribution is 0.0842. The highest BCUT2D eigenvalue weighted by Gasteiger charge is 2.14. The smallest absolute Gasteiger partial charge is 0.286 e. The molecule has 1 heterocycles. The maximum atomic E-state index is 12.2. The van der Waals surface area contributed by atoms with Crippen LogP contribution in [0.4, 0.5) is 0 Å². The van der Waals surface area contributed by atoms with E-state index in [4.69, 9.17) is 9.47 Å². The highest BCUT2D eigenvalue weighted by atomic mass is 16.5. The molecule has 7 heteroatoms. The predicted octanol–water partition coefficient (Wildman–Crippen LogP) is 1.90. The number of carbonyl (C=O) groups is 2. The van der Waals surface area contributed by atoms with E-state index in [9.17, 15) is 9.59 Å². The number of nitrogens with one attached hydrogen (secondary N) is 2. The van der Waals surface area contributed by atoms with Gasteiger partial charge in [0.2, 0.25) is 0 Å². The van der Waals surface area contributed by atoms with E-state index >= 15 is 0 Å². The molecular formula is C17H21N3O4. The Bertz CT molecular complexity index is 737. The van der Waals surface area contributed by atoms with Crippen LogP contribution < -0.4 is 20.3 Å². The van der Waals surface area contributed by atoms with E-state index in [0.29, 0.717) is 22.8 Å². The fraction of sp³-hybridized carbons (Fsp3) is 0.294. The lowest BCUT2D eigenvalue weighted by atomic mass is 10.2. The van der Waals surface area contributed by atoms with Crippen molar-refractivity contribution in [2.24, 2.45) is 7.05 Å². The van der Waals surface area contributed by atoms with Crippen molar-refractivity contribution < 1.29 is 19.1 Å². The van der Waals surface area contributed by atoms with Crippen molar-refractivity contribution in [2.75, 3.05) is 7.11 Å². The minimum Gasteiger partial charge on any atom is -0.493 e. The molecule has 2 rings (SSSR count). The SMILES string of the molecule is COc1cc(C(=O)NNC(=O)c2cccn2C)ccc1OC(C)C. The highest BCUT2D eigenvalue weighted by molar-refractivity contribution is 5.98. The fourth-order valence-electron chi connectivity index (χ4n) is 2.11. The van der Waals surface area contributed by atoms with Gasteiger partial charge in [0.25, 0.3) is 11.8 Å². The Balaban J connectivity index is 2.04. The number of amides is 2. The Kier molecular flexibility index (Phi) is 5.47. The van der Waals surface area contributed by atoms with Crippen molar-refractivity contribution >= 4 is 11.8 Å². The number of hydrogen-bond donors (Lipinski definition) is 2. The Morgan fingerprint density at radius 3 is 2.38 bits per heavy atom. The summed E-state index contributed by atoms with van der Waals surface area (Å²) < 4.78 is 12.5. The van der Waals surface area contributed by atoms with Crippen LogP contribution in [0, 0.1) is 0 Å². The molecule has 2 aromatic rings. The van der Waals surface area contributed by atoms with E-state index in [2.05, 4.69) is 10.9 Å². The highest BCUT2D eigenvalue weighted by Crippen LogP contribution is 2.28. The van der Waals surface area contributed by atoms with Crippen LogP contribution >= 0.6 is 0 Å². The lowest BCUT2D eigenvalue weighted by Gasteiger charge is -2.14. The van der Waals surface area contributed by atoms with Gasteiger partial charge in [0.1, 0.15) is 5.69 Å². The van der Waals surface area contributed by atoms with Crippen molar-refractivity contribution in [1.29, 1.82) is 0 Å². The maximum absolute atomic E-state index is 12.2. The molecule has 0 spiro atoms. The van der Waals surface area contributed by atoms with Crippen LogP contribution in [0.15, 0.2) is 36.5 Å². The summed E-state index contributed by atoms with van der Waals surface area (Å²) in [7, 11) is 3.25. The maximum Gasteiger partial charge on any atom is 0.286 e. The van der Waals surface area contributed by atoms with Crippen molar-refractivity contribution in [3.8, 4) is 11.5 Å². The average Bonchev–Trinajstić information content (AvgIpc) is 2.98. The fourth-order valence-corrected chi connectivity index (χ4v) is 2.11. The van der Waals surface area contributed by atoms with Gasteiger partial charge in [-0.05, 0) is 44.2 Å². The van der Waals surface area contributed by atoms with Gasteiger partial charge in [0.05, 0.1) is 13.2 Å². The van der Waals surface area contributed by atoms with Crippen molar-refractivity contribution in [3.05, 3.63) is 47.8 Å². The minimum atomic E-state index is -0.452. The number of benzene rings is 1. The molecule has 0 fully saturated rings. The first kappa shape index (κ1) is 17.4. The zero-order chi connectivity index (χ0) is 17.7. The Labute approximate surface area is 140 Å². The van der Waals surface area contributed by atoms with Crippen molar-refractivity contribution in [2.45, 2.75) is 20.0 Å². The number of hydrazine groups is 1. The molecule has 128 valence electrons. The quantitative estimate of drug-likeness (QED) is 0.820. The molecule has 2 N–H and O–H groups in total. The van der Waals surface area contributed by atoms with Gasteiger partial charge >= 0.3 is 0 Å². The monoisotopic (exact) mass is 331 g/mol. The molecule has 0 bridgehead atoms. The second kappa shape index (κ2) is 7.54. The van der Waals surface area contributed by atoms with Crippen molar-refractivity contribution in [3.63, 3.8) is 0 Å². The molecule has 1 aromatic heterocycles. The Morgan fingerprint density at radius 2 is 1.79 bits per heavy atom. The standard InChI is InChI=1S/C17H21N3O4/c1-11(2)24-14-8-7-12(10-15(14)23-4)16(21)18-19-17(22)13-6-5-9-20(13)3/h5-11H,1-4H3,(H,18,21)(H,19,22). The molecule has 0 saturated carbocycles. The number of methoxy groups -OCH3 is 1. The number of aryl methyl sites for hydroxylation is 1. The van der Waals surface area contributed by atoms with Gasteiger partial charge < -0.3 is 14.0 Å². The van der Waals surface area contributed by atoms with Gasteiger partial charge in [-0.2, -0.15) is 0 Å². The average molecular weight is 331 g/mol. The summed E-state index contributed by atoms with van der Waals surface area (Å²) in [6.45, 7) is 3.80. The Morgan fingerprint density at radius 1 is 1.08 bits per heavy atom. The third-order valence-corrected chi connectivity index (χ3v) is 3.25. The molecule has 1 aromatic carbocycles. The number of nitrogens with zero attached hydrogens (tertiary/aromatic N) is 1. The van der Waals surface area contributed by atoms with Crippen LogP contribution in [0.25, 0.3) is 0 Å². The normalized spacial score (nSPS) is 10.4. The molecule has 0 aliphatic carbocycles. The van der Waals surface area contributed by atoms with Gasteiger partial charge in [-0.3, -0.25) is 20.4 Å². The van der Waals surface area contributed by atoms with Gasteiger partial charge in [0, 0.05) is 18.8 Å². The molecule has 0 atom stereocenters. The van der Waals surface area contributed by atoms with Crippen LogP contribution in [0.2, 0.25) is 0 Å². The molecule has 0 unspecified atom stereocenters. The van der Waals surface area contributed by atoms with E-state index in [0.717, 1.165) is 0 Å². The Hall–Kier alpha value is -2.96. The molecule has 0 aliphatic rings. The molecule has 24 heavy (non-hydrogen) atoms. The van der Waals surface area contributed by atoms with Crippen LogP contribution in [-0.4, -0.2) is 29.6 Å². The number of hydrogen-bond acceptors (Lipinski definition) is 4. The first-order valence-corrected chi connectivity index (χ1v) is 7.49. The van der Waals surface area contributed by atoms with Gasteiger partial charge in [0.15, 0.2) is 11.5 Å². The molecular weight excluding hydrogens is 310 g/mol. The minimum absolute atomic E-state index is 0.0110. The number of carbonyl (C=O) groups excluding carboxylic acids is 2. The van der Waals surface area contributed by atoms with Crippen LogP contribution in [0.5, 0.6) is 11.5 Å². The third-order valence-electron chi connectivity index (χ3n) is 3.25. The lowest BCUT2D eigenvalue weighted by Crippen LogP contribution is -2.42. The summed E-state index contributed by atoms with van der Waals surface area (Å²) in [5.41, 5.74) is 5.54. The summed E-state index contributed by atoms with van der Waals surface area (Å²) in [6, 6.07) is 8.22. The molecule has 0 aliphatic heterocycles. The number of rotatable bonds is 5. The van der Waals surface area contributed by atoms with E-state index < -0.39 is 11.8 Å². The molecule has 0 saturated heterocycles. The largest absolute Gasteiger partial charge is 0.493 e. The van der Waals surface area contributed by atoms with E-state index in [1.165, 1.54) is 7.11 Å². The summed E-state index contributed by atoms with van der Waals surface area (Å²) in [6.07, 6.45) is 1.73. The third kappa shape index (κ3) is 4.07. The van der Waals surface area contributed by atoms with Gasteiger partial charge in [-0.1, -0.05) is 0 Å². The van der Waals surface area contributed by atoms with Crippen molar-refractivity contribution in [1.82, 2.24) is 15.4 Å². The van der Waals surface area contributed by atoms with Crippen LogP contribution in [-0.2, 0) is 7.05 Å². The second-order valence-corrected chi connectivity index (χ2v) is 5.44. The van der Waals surface area contributed by atoms with E-state index in [1.807, 2.05) is 13.8 Å². The first-order chi connectivity index (χ1) is 11.4.